The van der Waals surface area contributed by atoms with Crippen LogP contribution in [-0.2, 0) is 25.5 Å². The minimum atomic E-state index is -4.80. The van der Waals surface area contributed by atoms with Crippen molar-refractivity contribution >= 4 is 69.1 Å². The molecule has 3 amide bonds. The monoisotopic (exact) mass is 1180 g/mol. The van der Waals surface area contributed by atoms with E-state index in [4.69, 9.17) is 0 Å². The Balaban J connectivity index is 0.000000154. The van der Waals surface area contributed by atoms with E-state index in [9.17, 15) is 51.7 Å². The van der Waals surface area contributed by atoms with Crippen LogP contribution in [-0.4, -0.2) is 101 Å². The SMILES string of the molecule is CC1(CC(=O)Nc2nc3ccc(C(C)(C)O)nc3n2-c2ccc(OC(F)(F)F)cc2)CCC1.CCC(O)(CF)CC(=O)Nc1nc2ccc(C)nc2n1-c1ccc(F)cc1.Cc1ccc2nc(NC(=O)C[C@@](C)(O)C3CC3)n(C3(C)CCC3)c2n1. The number of benzene rings is 2. The summed E-state index contributed by atoms with van der Waals surface area (Å²) in [6.45, 7) is 13.6. The first-order valence-corrected chi connectivity index (χ1v) is 28.3. The van der Waals surface area contributed by atoms with E-state index in [0.29, 0.717) is 51.8 Å². The molecule has 0 spiro atoms. The molecule has 0 radical (unpaired) electrons. The number of halogens is 5. The molecule has 0 saturated heterocycles. The third-order valence-corrected chi connectivity index (χ3v) is 16.1. The van der Waals surface area contributed by atoms with Crippen LogP contribution in [0, 0.1) is 31.0 Å². The third-order valence-electron chi connectivity index (χ3n) is 16.1. The van der Waals surface area contributed by atoms with Crippen LogP contribution in [0.5, 0.6) is 5.75 Å². The summed E-state index contributed by atoms with van der Waals surface area (Å²) in [4.78, 5) is 64.8. The molecule has 452 valence electrons. The molecule has 8 aromatic rings. The van der Waals surface area contributed by atoms with Gasteiger partial charge < -0.3 is 20.1 Å². The highest BCUT2D eigenvalue weighted by Gasteiger charge is 2.43. The Hall–Kier alpha value is -7.96. The number of anilines is 3. The largest absolute Gasteiger partial charge is 0.573 e. The number of aliphatic hydroxyl groups is 3. The van der Waals surface area contributed by atoms with Crippen LogP contribution in [0.4, 0.5) is 39.8 Å². The van der Waals surface area contributed by atoms with E-state index >= 15 is 0 Å². The molecule has 24 heteroatoms. The molecule has 0 bridgehead atoms. The molecule has 3 aliphatic carbocycles. The minimum Gasteiger partial charge on any atom is -0.406 e. The van der Waals surface area contributed by atoms with E-state index in [1.54, 1.807) is 73.2 Å². The lowest BCUT2D eigenvalue weighted by Gasteiger charge is -2.40. The molecule has 6 N–H and O–H groups in total. The summed E-state index contributed by atoms with van der Waals surface area (Å²) in [5, 5.41) is 39.3. The van der Waals surface area contributed by atoms with Crippen LogP contribution < -0.4 is 20.7 Å². The Labute approximate surface area is 487 Å². The Bertz CT molecular complexity index is 3740. The lowest BCUT2D eigenvalue weighted by Crippen LogP contribution is -2.39. The maximum Gasteiger partial charge on any atom is 0.573 e. The third kappa shape index (κ3) is 14.4. The van der Waals surface area contributed by atoms with Gasteiger partial charge in [-0.05, 0) is 189 Å². The van der Waals surface area contributed by atoms with E-state index in [1.165, 1.54) is 42.8 Å². The van der Waals surface area contributed by atoms with E-state index in [2.05, 4.69) is 69.0 Å². The molecule has 3 fully saturated rings. The van der Waals surface area contributed by atoms with Crippen LogP contribution in [0.1, 0.15) is 136 Å². The predicted molar refractivity (Wildman–Crippen MR) is 310 cm³/mol. The first-order chi connectivity index (χ1) is 40.0. The molecule has 19 nitrogen and oxygen atoms in total. The van der Waals surface area contributed by atoms with Crippen molar-refractivity contribution in [3.63, 3.8) is 0 Å². The Morgan fingerprint density at radius 2 is 1.12 bits per heavy atom. The molecule has 6 heterocycles. The highest BCUT2D eigenvalue weighted by atomic mass is 19.4. The number of aromatic nitrogens is 9. The van der Waals surface area contributed by atoms with E-state index < -0.39 is 48.0 Å². The van der Waals surface area contributed by atoms with Gasteiger partial charge in [-0.1, -0.05) is 20.3 Å². The fourth-order valence-corrected chi connectivity index (χ4v) is 10.5. The number of hydrogen-bond acceptors (Lipinski definition) is 13. The van der Waals surface area contributed by atoms with Gasteiger partial charge in [0.05, 0.1) is 35.5 Å². The molecule has 6 aromatic heterocycles. The van der Waals surface area contributed by atoms with Crippen molar-refractivity contribution in [2.24, 2.45) is 11.3 Å². The second kappa shape index (κ2) is 23.8. The zero-order valence-electron chi connectivity index (χ0n) is 48.7. The van der Waals surface area contributed by atoms with E-state index in [1.807, 2.05) is 26.0 Å². The number of pyridine rings is 3. The molecule has 85 heavy (non-hydrogen) atoms. The summed E-state index contributed by atoms with van der Waals surface area (Å²) in [5.74, 6) is -0.579. The second-order valence-corrected chi connectivity index (χ2v) is 24.1. The normalized spacial score (nSPS) is 16.8. The van der Waals surface area contributed by atoms with Crippen molar-refractivity contribution in [2.75, 3.05) is 22.6 Å². The highest BCUT2D eigenvalue weighted by Crippen LogP contribution is 2.45. The Kier molecular flexibility index (Phi) is 17.3. The van der Waals surface area contributed by atoms with Gasteiger partial charge in [0.15, 0.2) is 16.9 Å². The van der Waals surface area contributed by atoms with Gasteiger partial charge in [0, 0.05) is 23.3 Å². The molecule has 1 unspecified atom stereocenters. The maximum absolute atomic E-state index is 13.3. The first kappa shape index (κ1) is 61.6. The first-order valence-electron chi connectivity index (χ1n) is 28.3. The molecule has 2 aromatic carbocycles. The van der Waals surface area contributed by atoms with Crippen molar-refractivity contribution in [1.82, 2.24) is 43.6 Å². The fraction of sp³-hybridized carbons (Fsp3) is 0.459. The van der Waals surface area contributed by atoms with Gasteiger partial charge in [0.2, 0.25) is 35.6 Å². The summed E-state index contributed by atoms with van der Waals surface area (Å²) >= 11 is 0. The average Bonchev–Trinajstić information content (AvgIpc) is 2.08. The lowest BCUT2D eigenvalue weighted by molar-refractivity contribution is -0.274. The number of fused-ring (bicyclic) bond motifs is 3. The molecule has 11 rings (SSSR count). The van der Waals surface area contributed by atoms with Gasteiger partial charge in [0.1, 0.15) is 46.0 Å². The summed E-state index contributed by atoms with van der Waals surface area (Å²) < 4.78 is 73.1. The number of hydrogen-bond donors (Lipinski definition) is 6. The summed E-state index contributed by atoms with van der Waals surface area (Å²) in [6.07, 6.45) is 3.68. The van der Waals surface area contributed by atoms with E-state index in [0.717, 1.165) is 67.5 Å². The van der Waals surface area contributed by atoms with Crippen LogP contribution in [0.2, 0.25) is 0 Å². The summed E-state index contributed by atoms with van der Waals surface area (Å²) in [7, 11) is 0. The highest BCUT2D eigenvalue weighted by molar-refractivity contribution is 5.94. The van der Waals surface area contributed by atoms with E-state index in [-0.39, 0.29) is 59.2 Å². The van der Waals surface area contributed by atoms with Crippen LogP contribution in [0.3, 0.4) is 0 Å². The Morgan fingerprint density at radius 1 is 0.635 bits per heavy atom. The van der Waals surface area contributed by atoms with Gasteiger partial charge in [-0.3, -0.25) is 44.0 Å². The number of imidazole rings is 3. The molecular weight excluding hydrogens is 1110 g/mol. The van der Waals surface area contributed by atoms with Crippen molar-refractivity contribution in [3.05, 3.63) is 108 Å². The number of amides is 3. The summed E-state index contributed by atoms with van der Waals surface area (Å²) in [6, 6.07) is 21.6. The number of nitrogens with one attached hydrogen (secondary N) is 3. The van der Waals surface area contributed by atoms with Crippen molar-refractivity contribution in [2.45, 2.75) is 161 Å². The molecule has 3 saturated carbocycles. The number of alkyl halides is 4. The van der Waals surface area contributed by atoms with Crippen LogP contribution in [0.25, 0.3) is 44.9 Å². The number of ether oxygens (including phenoxy) is 1. The number of aryl methyl sites for hydroxylation is 2. The van der Waals surface area contributed by atoms with Crippen LogP contribution in [0.15, 0.2) is 84.9 Å². The van der Waals surface area contributed by atoms with Crippen LogP contribution >= 0.6 is 0 Å². The minimum absolute atomic E-state index is 0.0379. The molecule has 3 aliphatic rings. The molecule has 0 aliphatic heterocycles. The van der Waals surface area contributed by atoms with Crippen molar-refractivity contribution < 1.29 is 56.4 Å². The fourth-order valence-electron chi connectivity index (χ4n) is 10.5. The number of carbonyl (C=O) groups is 3. The summed E-state index contributed by atoms with van der Waals surface area (Å²) in [5.41, 5.74) is 2.55. The lowest BCUT2D eigenvalue weighted by atomic mass is 9.68. The predicted octanol–water partition coefficient (Wildman–Crippen LogP) is 11.5. The standard InChI is InChI=1S/C23H25F3N4O3.C19H20F2N4O2.C19H26N4O2/c1-21(2,32)17-10-9-16-19(28-17)30(14-5-7-15(8-6-14)33-23(24,25)26)20(27-16)29-18(31)13-22(3)11-4-12-22;1-3-19(27,11-20)10-16(26)24-18-23-15-9-4-12(2)22-17(15)25(18)14-7-5-13(21)6-8-14;1-12-5-8-14-16(20-12)23(18(2)9-4-10-18)17(21-14)22-15(24)11-19(3,25)13-6-7-13/h5-10,32H,4,11-13H2,1-3H3,(H,27,29,31);4-9,27H,3,10-11H2,1-2H3,(H,23,24,26);5,8,13,25H,4,6-7,9-11H2,1-3H3,(H,21,22,24)/t;;19-/m..1/s1. The number of rotatable bonds is 17. The van der Waals surface area contributed by atoms with Gasteiger partial charge >= 0.3 is 6.36 Å². The topological polar surface area (TPSA) is 249 Å². The number of nitrogens with zero attached hydrogens (tertiary/aromatic N) is 9. The molecular formula is C61H71F5N12O7. The Morgan fingerprint density at radius 3 is 1.61 bits per heavy atom. The number of carbonyl (C=O) groups excluding carboxylic acids is 3. The average molecular weight is 1180 g/mol. The smallest absolute Gasteiger partial charge is 0.406 e. The van der Waals surface area contributed by atoms with Gasteiger partial charge in [-0.25, -0.2) is 38.7 Å². The quantitative estimate of drug-likeness (QED) is 0.0465. The maximum atomic E-state index is 13.3. The van der Waals surface area contributed by atoms with Gasteiger partial charge in [-0.15, -0.1) is 13.2 Å². The van der Waals surface area contributed by atoms with Gasteiger partial charge in [0.25, 0.3) is 0 Å². The zero-order chi connectivity index (χ0) is 61.4. The van der Waals surface area contributed by atoms with Crippen molar-refractivity contribution in [1.29, 1.82) is 0 Å². The zero-order valence-corrected chi connectivity index (χ0v) is 48.7. The second-order valence-electron chi connectivity index (χ2n) is 24.1. The van der Waals surface area contributed by atoms with Gasteiger partial charge in [-0.2, -0.15) is 0 Å². The van der Waals surface area contributed by atoms with Crippen molar-refractivity contribution in [3.8, 4) is 17.1 Å². The molecule has 2 atom stereocenters.